The molecule has 0 amide bonds. The molecule has 4 aliphatic rings. The van der Waals surface area contributed by atoms with E-state index in [4.69, 9.17) is 4.74 Å². The smallest absolute Gasteiger partial charge is 0.373 e. The highest BCUT2D eigenvalue weighted by molar-refractivity contribution is 7.92. The van der Waals surface area contributed by atoms with Crippen molar-refractivity contribution in [3.05, 3.63) is 0 Å². The number of halogens is 3. The lowest BCUT2D eigenvalue weighted by atomic mass is 9.83. The molecule has 8 heteroatoms. The lowest BCUT2D eigenvalue weighted by Gasteiger charge is -2.30. The zero-order chi connectivity index (χ0) is 16.5. The van der Waals surface area contributed by atoms with Gasteiger partial charge in [-0.25, -0.2) is 8.42 Å². The van der Waals surface area contributed by atoms with Gasteiger partial charge in [-0.05, 0) is 31.6 Å². The fourth-order valence-electron chi connectivity index (χ4n) is 5.19. The number of rotatable bonds is 2. The summed E-state index contributed by atoms with van der Waals surface area (Å²) in [6, 6.07) is 0. The molecular formula is C15H22F3NO3S. The molecule has 0 aromatic rings. The van der Waals surface area contributed by atoms with Crippen LogP contribution in [0.1, 0.15) is 32.1 Å². The second-order valence-corrected chi connectivity index (χ2v) is 9.98. The van der Waals surface area contributed by atoms with Crippen LogP contribution in [-0.4, -0.2) is 62.3 Å². The molecule has 0 N–H and O–H groups in total. The van der Waals surface area contributed by atoms with Crippen molar-refractivity contribution in [3.63, 3.8) is 0 Å². The molecule has 4 fully saturated rings. The van der Waals surface area contributed by atoms with Gasteiger partial charge in [0.2, 0.25) is 0 Å². The number of fused-ring (bicyclic) bond motifs is 2. The van der Waals surface area contributed by atoms with Crippen LogP contribution in [0.3, 0.4) is 0 Å². The quantitative estimate of drug-likeness (QED) is 0.762. The highest BCUT2D eigenvalue weighted by Gasteiger charge is 2.69. The minimum atomic E-state index is -4.47. The van der Waals surface area contributed by atoms with Gasteiger partial charge in [0.25, 0.3) is 0 Å². The molecule has 5 atom stereocenters. The van der Waals surface area contributed by atoms with E-state index < -0.39 is 26.7 Å². The van der Waals surface area contributed by atoms with Gasteiger partial charge in [-0.15, -0.1) is 0 Å². The first-order valence-electron chi connectivity index (χ1n) is 8.37. The van der Waals surface area contributed by atoms with Crippen LogP contribution < -0.4 is 0 Å². The van der Waals surface area contributed by atoms with E-state index in [1.54, 1.807) is 4.90 Å². The van der Waals surface area contributed by atoms with Crippen molar-refractivity contribution in [3.8, 4) is 0 Å². The molecular weight excluding hydrogens is 331 g/mol. The molecule has 0 radical (unpaired) electrons. The second kappa shape index (κ2) is 5.08. The Bertz CT molecular complexity index is 581. The number of hydrogen-bond acceptors (Lipinski definition) is 4. The summed E-state index contributed by atoms with van der Waals surface area (Å²) in [5.41, 5.74) is -2.07. The third kappa shape index (κ3) is 2.43. The van der Waals surface area contributed by atoms with Gasteiger partial charge < -0.3 is 4.74 Å². The largest absolute Gasteiger partial charge is 0.397 e. The van der Waals surface area contributed by atoms with E-state index in [1.807, 2.05) is 0 Å². The summed E-state index contributed by atoms with van der Waals surface area (Å²) in [4.78, 5) is 1.68. The third-order valence-corrected chi connectivity index (χ3v) is 8.60. The summed E-state index contributed by atoms with van der Waals surface area (Å²) in [5, 5.41) is -1.30. The van der Waals surface area contributed by atoms with E-state index in [-0.39, 0.29) is 37.5 Å². The van der Waals surface area contributed by atoms with E-state index in [0.717, 1.165) is 19.3 Å². The molecule has 4 nitrogen and oxygen atoms in total. The summed E-state index contributed by atoms with van der Waals surface area (Å²) in [6.45, 7) is 0.226. The van der Waals surface area contributed by atoms with Crippen LogP contribution >= 0.6 is 0 Å². The molecule has 1 aliphatic carbocycles. The summed E-state index contributed by atoms with van der Waals surface area (Å²) in [5.74, 6) is 0.206. The summed E-state index contributed by atoms with van der Waals surface area (Å²) < 4.78 is 70.9. The van der Waals surface area contributed by atoms with Crippen LogP contribution in [0.25, 0.3) is 0 Å². The normalized spacial score (nSPS) is 46.2. The number of likely N-dealkylation sites (tertiary alicyclic amines) is 1. The van der Waals surface area contributed by atoms with Crippen LogP contribution in [-0.2, 0) is 14.6 Å². The predicted octanol–water partition coefficient (Wildman–Crippen LogP) is 2.00. The van der Waals surface area contributed by atoms with E-state index in [2.05, 4.69) is 0 Å². The van der Waals surface area contributed by atoms with Gasteiger partial charge in [-0.3, -0.25) is 4.90 Å². The lowest BCUT2D eigenvalue weighted by Crippen LogP contribution is -2.45. The molecule has 3 heterocycles. The van der Waals surface area contributed by atoms with Gasteiger partial charge in [0, 0.05) is 19.6 Å². The Labute approximate surface area is 134 Å². The minimum absolute atomic E-state index is 0.00294. The maximum absolute atomic E-state index is 13.6. The maximum atomic E-state index is 13.6. The molecule has 132 valence electrons. The molecule has 3 saturated heterocycles. The van der Waals surface area contributed by atoms with Crippen molar-refractivity contribution in [1.82, 2.24) is 4.90 Å². The zero-order valence-electron chi connectivity index (χ0n) is 12.9. The zero-order valence-corrected chi connectivity index (χ0v) is 13.7. The van der Waals surface area contributed by atoms with Gasteiger partial charge >= 0.3 is 6.18 Å². The van der Waals surface area contributed by atoms with Crippen molar-refractivity contribution >= 4 is 9.84 Å². The van der Waals surface area contributed by atoms with Gasteiger partial charge in [0.15, 0.2) is 9.84 Å². The van der Waals surface area contributed by atoms with Gasteiger partial charge in [-0.1, -0.05) is 6.42 Å². The predicted molar refractivity (Wildman–Crippen MR) is 77.7 cm³/mol. The Morgan fingerprint density at radius 1 is 1.26 bits per heavy atom. The van der Waals surface area contributed by atoms with Crippen LogP contribution in [0.15, 0.2) is 0 Å². The summed E-state index contributed by atoms with van der Waals surface area (Å²) in [6.07, 6.45) is -0.282. The van der Waals surface area contributed by atoms with E-state index in [0.29, 0.717) is 12.5 Å². The molecule has 4 rings (SSSR count). The Morgan fingerprint density at radius 3 is 2.70 bits per heavy atom. The first-order chi connectivity index (χ1) is 10.7. The molecule has 3 unspecified atom stereocenters. The number of alkyl halides is 3. The molecule has 1 saturated carbocycles. The fraction of sp³-hybridized carbons (Fsp3) is 1.00. The van der Waals surface area contributed by atoms with Crippen molar-refractivity contribution in [2.75, 3.05) is 25.4 Å². The van der Waals surface area contributed by atoms with Crippen molar-refractivity contribution < 1.29 is 26.3 Å². The van der Waals surface area contributed by atoms with Gasteiger partial charge in [-0.2, -0.15) is 13.2 Å². The van der Waals surface area contributed by atoms with E-state index in [9.17, 15) is 21.6 Å². The van der Waals surface area contributed by atoms with Crippen LogP contribution in [0.2, 0.25) is 0 Å². The lowest BCUT2D eigenvalue weighted by molar-refractivity contribution is -0.216. The van der Waals surface area contributed by atoms with Crippen LogP contribution in [0, 0.1) is 11.3 Å². The monoisotopic (exact) mass is 353 g/mol. The topological polar surface area (TPSA) is 46.6 Å². The Hall–Kier alpha value is -0.340. The van der Waals surface area contributed by atoms with Crippen LogP contribution in [0.5, 0.6) is 0 Å². The van der Waals surface area contributed by atoms with E-state index >= 15 is 0 Å². The Balaban J connectivity index is 1.49. The molecule has 0 bridgehead atoms. The van der Waals surface area contributed by atoms with E-state index in [1.165, 1.54) is 6.42 Å². The first-order valence-corrected chi connectivity index (χ1v) is 10.1. The Kier molecular flexibility index (Phi) is 3.57. The first kappa shape index (κ1) is 16.1. The fourth-order valence-corrected chi connectivity index (χ4v) is 7.57. The molecule has 0 aromatic heterocycles. The van der Waals surface area contributed by atoms with Gasteiger partial charge in [0.1, 0.15) is 0 Å². The molecule has 0 aromatic carbocycles. The summed E-state index contributed by atoms with van der Waals surface area (Å²) >= 11 is 0. The second-order valence-electron chi connectivity index (χ2n) is 7.68. The van der Waals surface area contributed by atoms with Crippen LogP contribution in [0.4, 0.5) is 13.2 Å². The highest BCUT2D eigenvalue weighted by atomic mass is 32.2. The highest BCUT2D eigenvalue weighted by Crippen LogP contribution is 2.54. The average molecular weight is 353 g/mol. The standard InChI is InChI=1S/C15H22F3NO3S/c16-15(17,18)14-4-5-23(20,21)13(14)8-19(9-14)7-11-6-10-2-1-3-12(10)22-11/h10-13H,1-9H2/t10?,11?,12?,13-,14-/m0/s1. The average Bonchev–Trinajstić information content (AvgIpc) is 3.11. The number of sulfone groups is 1. The SMILES string of the molecule is O=S1(=O)CC[C@]2(C(F)(F)F)CN(CC3CC4CCCC4O3)C[C@@H]21. The van der Waals surface area contributed by atoms with Crippen molar-refractivity contribution in [2.45, 2.75) is 55.7 Å². The number of hydrogen-bond donors (Lipinski definition) is 0. The van der Waals surface area contributed by atoms with Gasteiger partial charge in [0.05, 0.1) is 28.6 Å². The molecule has 3 aliphatic heterocycles. The van der Waals surface area contributed by atoms with Crippen molar-refractivity contribution in [2.24, 2.45) is 11.3 Å². The third-order valence-electron chi connectivity index (χ3n) is 6.36. The van der Waals surface area contributed by atoms with Crippen molar-refractivity contribution in [1.29, 1.82) is 0 Å². The molecule has 0 spiro atoms. The summed E-state index contributed by atoms with van der Waals surface area (Å²) in [7, 11) is -3.65. The Morgan fingerprint density at radius 2 is 2.04 bits per heavy atom. The number of nitrogens with zero attached hydrogens (tertiary/aromatic N) is 1. The number of ether oxygens (including phenoxy) is 1. The minimum Gasteiger partial charge on any atom is -0.373 e. The molecule has 23 heavy (non-hydrogen) atoms. The maximum Gasteiger partial charge on any atom is 0.397 e.